The van der Waals surface area contributed by atoms with E-state index in [1.807, 2.05) is 0 Å². The van der Waals surface area contributed by atoms with Crippen LogP contribution < -0.4 is 9.47 Å². The van der Waals surface area contributed by atoms with Crippen LogP contribution in [0.3, 0.4) is 0 Å². The number of ether oxygens (including phenoxy) is 3. The van der Waals surface area contributed by atoms with E-state index in [9.17, 15) is 9.59 Å². The summed E-state index contributed by atoms with van der Waals surface area (Å²) in [7, 11) is 1.43. The van der Waals surface area contributed by atoms with Gasteiger partial charge >= 0.3 is 11.9 Å². The molecule has 1 radical (unpaired) electrons. The Kier molecular flexibility index (Phi) is 5.17. The molecule has 1 rings (SSSR count). The van der Waals surface area contributed by atoms with E-state index in [2.05, 4.69) is 0 Å². The Balaban J connectivity index is 2.96. The molecule has 0 bridgehead atoms. The van der Waals surface area contributed by atoms with Gasteiger partial charge in [-0.15, -0.1) is 0 Å². The molecule has 0 aliphatic heterocycles. The molecule has 18 heavy (non-hydrogen) atoms. The molecule has 0 saturated carbocycles. The van der Waals surface area contributed by atoms with Crippen LogP contribution in [0.1, 0.15) is 24.2 Å². The van der Waals surface area contributed by atoms with Gasteiger partial charge in [-0.25, -0.2) is 4.79 Å². The summed E-state index contributed by atoms with van der Waals surface area (Å²) in [5, 5.41) is 0. The van der Waals surface area contributed by atoms with Crippen molar-refractivity contribution < 1.29 is 23.8 Å². The van der Waals surface area contributed by atoms with Crippen LogP contribution in [-0.2, 0) is 9.53 Å². The smallest absolute Gasteiger partial charge is 0.338 e. The molecule has 97 valence electrons. The largest absolute Gasteiger partial charge is 0.493 e. The van der Waals surface area contributed by atoms with Crippen molar-refractivity contribution in [3.05, 3.63) is 30.2 Å². The monoisotopic (exact) mass is 251 g/mol. The van der Waals surface area contributed by atoms with Gasteiger partial charge in [0.2, 0.25) is 0 Å². The third-order valence-corrected chi connectivity index (χ3v) is 2.12. The van der Waals surface area contributed by atoms with Crippen molar-refractivity contribution in [2.75, 3.05) is 13.7 Å². The zero-order valence-corrected chi connectivity index (χ0v) is 10.6. The summed E-state index contributed by atoms with van der Waals surface area (Å²) in [5.74, 6) is -0.377. The van der Waals surface area contributed by atoms with Crippen LogP contribution >= 0.6 is 0 Å². The average molecular weight is 251 g/mol. The Morgan fingerprint density at radius 2 is 2.00 bits per heavy atom. The van der Waals surface area contributed by atoms with Gasteiger partial charge in [-0.1, -0.05) is 6.92 Å². The molecular formula is C13H15O5. The first kappa shape index (κ1) is 14.0. The van der Waals surface area contributed by atoms with Crippen LogP contribution in [0.4, 0.5) is 0 Å². The molecular weight excluding hydrogens is 236 g/mol. The summed E-state index contributed by atoms with van der Waals surface area (Å²) >= 11 is 0. The van der Waals surface area contributed by atoms with Gasteiger partial charge in [0.25, 0.3) is 0 Å². The van der Waals surface area contributed by atoms with E-state index in [-0.39, 0.29) is 5.75 Å². The predicted octanol–water partition coefficient (Wildman–Crippen LogP) is 2.00. The first-order valence-corrected chi connectivity index (χ1v) is 5.48. The number of methoxy groups -OCH3 is 1. The molecule has 0 atom stereocenters. The van der Waals surface area contributed by atoms with E-state index in [0.717, 1.165) is 0 Å². The van der Waals surface area contributed by atoms with Gasteiger partial charge in [0.15, 0.2) is 11.5 Å². The van der Waals surface area contributed by atoms with Crippen LogP contribution in [0.25, 0.3) is 0 Å². The van der Waals surface area contributed by atoms with Gasteiger partial charge in [0.05, 0.1) is 25.7 Å². The summed E-state index contributed by atoms with van der Waals surface area (Å²) in [5.41, 5.74) is 0.342. The quantitative estimate of drug-likeness (QED) is 0.591. The minimum atomic E-state index is -0.489. The molecule has 0 N–H and O–H groups in total. The second-order valence-electron chi connectivity index (χ2n) is 3.30. The number of carbonyl (C=O) groups is 2. The molecule has 1 aromatic carbocycles. The van der Waals surface area contributed by atoms with Crippen LogP contribution in [0.15, 0.2) is 18.2 Å². The molecule has 0 saturated heterocycles. The fraction of sp³-hybridized carbons (Fsp3) is 0.308. The second kappa shape index (κ2) is 6.64. The SMILES string of the molecule is C[CH]C(=O)Oc1ccc(C(=O)OCC)cc1OC. The summed E-state index contributed by atoms with van der Waals surface area (Å²) in [6.45, 7) is 3.59. The third-order valence-electron chi connectivity index (χ3n) is 2.12. The number of hydrogen-bond donors (Lipinski definition) is 0. The molecule has 0 amide bonds. The van der Waals surface area contributed by atoms with Crippen molar-refractivity contribution in [2.45, 2.75) is 13.8 Å². The van der Waals surface area contributed by atoms with Crippen LogP contribution in [0.2, 0.25) is 0 Å². The Labute approximate surface area is 106 Å². The maximum Gasteiger partial charge on any atom is 0.338 e. The molecule has 0 aliphatic carbocycles. The Bertz CT molecular complexity index is 439. The summed E-state index contributed by atoms with van der Waals surface area (Å²) < 4.78 is 14.9. The molecule has 0 spiro atoms. The number of esters is 2. The molecule has 0 aliphatic rings. The lowest BCUT2D eigenvalue weighted by atomic mass is 10.2. The van der Waals surface area contributed by atoms with Crippen molar-refractivity contribution in [1.29, 1.82) is 0 Å². The number of rotatable bonds is 5. The van der Waals surface area contributed by atoms with Crippen molar-refractivity contribution in [2.24, 2.45) is 0 Å². The minimum Gasteiger partial charge on any atom is -0.493 e. The highest BCUT2D eigenvalue weighted by molar-refractivity contribution is 5.90. The lowest BCUT2D eigenvalue weighted by Gasteiger charge is -2.10. The average Bonchev–Trinajstić information content (AvgIpc) is 2.39. The van der Waals surface area contributed by atoms with E-state index in [0.29, 0.717) is 17.9 Å². The lowest BCUT2D eigenvalue weighted by molar-refractivity contribution is -0.130. The number of benzene rings is 1. The molecule has 5 nitrogen and oxygen atoms in total. The van der Waals surface area contributed by atoms with Gasteiger partial charge in [0.1, 0.15) is 0 Å². The molecule has 5 heteroatoms. The first-order valence-electron chi connectivity index (χ1n) is 5.48. The van der Waals surface area contributed by atoms with Gasteiger partial charge in [-0.05, 0) is 25.1 Å². The molecule has 0 fully saturated rings. The van der Waals surface area contributed by atoms with E-state index >= 15 is 0 Å². The highest BCUT2D eigenvalue weighted by Crippen LogP contribution is 2.28. The summed E-state index contributed by atoms with van der Waals surface area (Å²) in [6.07, 6.45) is 1.29. The molecule has 0 aromatic heterocycles. The van der Waals surface area contributed by atoms with Crippen molar-refractivity contribution in [3.8, 4) is 11.5 Å². The number of hydrogen-bond acceptors (Lipinski definition) is 5. The summed E-state index contributed by atoms with van der Waals surface area (Å²) in [4.78, 5) is 22.7. The van der Waals surface area contributed by atoms with E-state index in [1.54, 1.807) is 13.8 Å². The Morgan fingerprint density at radius 3 is 2.56 bits per heavy atom. The fourth-order valence-corrected chi connectivity index (χ4v) is 1.26. The summed E-state index contributed by atoms with van der Waals surface area (Å²) in [6, 6.07) is 4.47. The molecule has 1 aromatic rings. The predicted molar refractivity (Wildman–Crippen MR) is 64.6 cm³/mol. The zero-order chi connectivity index (χ0) is 13.5. The van der Waals surface area contributed by atoms with Crippen molar-refractivity contribution in [3.63, 3.8) is 0 Å². The number of carbonyl (C=O) groups excluding carboxylic acids is 2. The Hall–Kier alpha value is -2.04. The van der Waals surface area contributed by atoms with E-state index in [1.165, 1.54) is 31.7 Å². The van der Waals surface area contributed by atoms with Crippen LogP contribution in [0.5, 0.6) is 11.5 Å². The third kappa shape index (κ3) is 3.48. The van der Waals surface area contributed by atoms with E-state index < -0.39 is 11.9 Å². The standard InChI is InChI=1S/C13H15O5/c1-4-12(14)18-10-7-6-9(8-11(10)16-3)13(15)17-5-2/h4,6-8H,5H2,1-3H3. The highest BCUT2D eigenvalue weighted by atomic mass is 16.6. The van der Waals surface area contributed by atoms with Gasteiger partial charge in [0, 0.05) is 0 Å². The Morgan fingerprint density at radius 1 is 1.28 bits per heavy atom. The van der Waals surface area contributed by atoms with Crippen LogP contribution in [-0.4, -0.2) is 25.7 Å². The highest BCUT2D eigenvalue weighted by Gasteiger charge is 2.13. The van der Waals surface area contributed by atoms with Crippen LogP contribution in [0, 0.1) is 6.42 Å². The molecule has 0 unspecified atom stereocenters. The second-order valence-corrected chi connectivity index (χ2v) is 3.30. The van der Waals surface area contributed by atoms with Gasteiger partial charge in [-0.2, -0.15) is 0 Å². The maximum atomic E-state index is 11.5. The normalized spacial score (nSPS) is 9.72. The lowest BCUT2D eigenvalue weighted by Crippen LogP contribution is -2.09. The van der Waals surface area contributed by atoms with Crippen molar-refractivity contribution in [1.82, 2.24) is 0 Å². The minimum absolute atomic E-state index is 0.258. The van der Waals surface area contributed by atoms with E-state index in [4.69, 9.17) is 14.2 Å². The van der Waals surface area contributed by atoms with Crippen molar-refractivity contribution >= 4 is 11.9 Å². The first-order chi connectivity index (χ1) is 8.62. The van der Waals surface area contributed by atoms with Gasteiger partial charge in [-0.3, -0.25) is 4.79 Å². The van der Waals surface area contributed by atoms with Gasteiger partial charge < -0.3 is 14.2 Å². The molecule has 0 heterocycles. The topological polar surface area (TPSA) is 61.8 Å². The fourth-order valence-electron chi connectivity index (χ4n) is 1.26. The maximum absolute atomic E-state index is 11.5. The zero-order valence-electron chi connectivity index (χ0n) is 10.6.